The lowest BCUT2D eigenvalue weighted by atomic mass is 10.1. The fourth-order valence-corrected chi connectivity index (χ4v) is 2.99. The van der Waals surface area contributed by atoms with Gasteiger partial charge in [-0.1, -0.05) is 23.2 Å². The number of hydrazone groups is 1. The minimum atomic E-state index is -0.377. The van der Waals surface area contributed by atoms with Crippen molar-refractivity contribution in [1.29, 1.82) is 0 Å². The molecular formula is C22H17Cl2N3O3. The zero-order chi connectivity index (χ0) is 21.5. The number of rotatable bonds is 6. The maximum atomic E-state index is 12.3. The Labute approximate surface area is 183 Å². The van der Waals surface area contributed by atoms with Gasteiger partial charge in [-0.2, -0.15) is 5.10 Å². The fourth-order valence-electron chi connectivity index (χ4n) is 2.50. The smallest absolute Gasteiger partial charge is 0.271 e. The molecule has 0 heterocycles. The van der Waals surface area contributed by atoms with E-state index in [1.54, 1.807) is 55.6 Å². The van der Waals surface area contributed by atoms with Crippen LogP contribution in [0.4, 0.5) is 5.69 Å². The molecule has 3 rings (SSSR count). The minimum Gasteiger partial charge on any atom is -0.497 e. The van der Waals surface area contributed by atoms with Crippen LogP contribution in [0.2, 0.25) is 10.0 Å². The Hall–Kier alpha value is -3.35. The summed E-state index contributed by atoms with van der Waals surface area (Å²) in [5, 5.41) is 7.36. The number of ether oxygens (including phenoxy) is 1. The molecule has 3 aromatic rings. The molecule has 3 aromatic carbocycles. The van der Waals surface area contributed by atoms with Gasteiger partial charge in [0.05, 0.1) is 23.9 Å². The van der Waals surface area contributed by atoms with Gasteiger partial charge in [0.25, 0.3) is 11.8 Å². The molecule has 0 radical (unpaired) electrons. The van der Waals surface area contributed by atoms with Crippen molar-refractivity contribution >= 4 is 46.9 Å². The van der Waals surface area contributed by atoms with E-state index in [1.165, 1.54) is 12.3 Å². The average molecular weight is 442 g/mol. The quantitative estimate of drug-likeness (QED) is 0.416. The number of nitrogens with zero attached hydrogens (tertiary/aromatic N) is 1. The first-order valence-corrected chi connectivity index (χ1v) is 9.56. The molecule has 0 aliphatic heterocycles. The molecule has 0 atom stereocenters. The van der Waals surface area contributed by atoms with Crippen LogP contribution in [0.25, 0.3) is 0 Å². The van der Waals surface area contributed by atoms with E-state index in [1.807, 2.05) is 12.1 Å². The highest BCUT2D eigenvalue weighted by molar-refractivity contribution is 6.37. The van der Waals surface area contributed by atoms with Crippen LogP contribution < -0.4 is 15.5 Å². The molecule has 0 aliphatic carbocycles. The van der Waals surface area contributed by atoms with Gasteiger partial charge in [-0.15, -0.1) is 0 Å². The fraction of sp³-hybridized carbons (Fsp3) is 0.0455. The van der Waals surface area contributed by atoms with Gasteiger partial charge >= 0.3 is 0 Å². The molecular weight excluding hydrogens is 425 g/mol. The number of amides is 2. The Balaban J connectivity index is 1.58. The Bertz CT molecular complexity index is 1080. The molecule has 0 unspecified atom stereocenters. The highest BCUT2D eigenvalue weighted by Crippen LogP contribution is 2.22. The van der Waals surface area contributed by atoms with Crippen LogP contribution in [0.15, 0.2) is 71.8 Å². The predicted octanol–water partition coefficient (Wildman–Crippen LogP) is 5.02. The van der Waals surface area contributed by atoms with Crippen molar-refractivity contribution in [2.24, 2.45) is 5.10 Å². The molecule has 0 aromatic heterocycles. The van der Waals surface area contributed by atoms with E-state index in [4.69, 9.17) is 27.9 Å². The molecule has 0 aliphatic rings. The van der Waals surface area contributed by atoms with E-state index < -0.39 is 0 Å². The molecule has 2 amide bonds. The van der Waals surface area contributed by atoms with Gasteiger partial charge in [0, 0.05) is 16.3 Å². The summed E-state index contributed by atoms with van der Waals surface area (Å²) in [6.45, 7) is 0. The number of methoxy groups -OCH3 is 1. The van der Waals surface area contributed by atoms with Gasteiger partial charge in [-0.3, -0.25) is 9.59 Å². The number of nitrogens with one attached hydrogen (secondary N) is 2. The maximum Gasteiger partial charge on any atom is 0.271 e. The number of hydrogen-bond donors (Lipinski definition) is 2. The van der Waals surface area contributed by atoms with Crippen molar-refractivity contribution in [3.8, 4) is 5.75 Å². The number of benzene rings is 3. The number of hydrogen-bond acceptors (Lipinski definition) is 4. The number of halogens is 2. The third kappa shape index (κ3) is 5.59. The standard InChI is InChI=1S/C22H17Cl2N3O3/c1-30-18-9-2-14(3-10-18)13-25-27-21(28)15-4-7-17(8-5-15)26-22(29)19-11-6-16(23)12-20(19)24/h2-13H,1H3,(H,26,29)(H,27,28)/b25-13-. The lowest BCUT2D eigenvalue weighted by molar-refractivity contribution is 0.0954. The Morgan fingerprint density at radius 2 is 1.63 bits per heavy atom. The summed E-state index contributed by atoms with van der Waals surface area (Å²) in [7, 11) is 1.59. The summed E-state index contributed by atoms with van der Waals surface area (Å²) in [5.41, 5.74) is 4.48. The second-order valence-electron chi connectivity index (χ2n) is 6.13. The second kappa shape index (κ2) is 9.91. The van der Waals surface area contributed by atoms with Crippen molar-refractivity contribution in [2.45, 2.75) is 0 Å². The Kier molecular flexibility index (Phi) is 7.06. The third-order valence-electron chi connectivity index (χ3n) is 4.08. The highest BCUT2D eigenvalue weighted by Gasteiger charge is 2.11. The summed E-state index contributed by atoms with van der Waals surface area (Å²) >= 11 is 11.9. The van der Waals surface area contributed by atoms with E-state index >= 15 is 0 Å². The molecule has 152 valence electrons. The van der Waals surface area contributed by atoms with Crippen molar-refractivity contribution in [3.63, 3.8) is 0 Å². The van der Waals surface area contributed by atoms with E-state index in [2.05, 4.69) is 15.8 Å². The number of carbonyl (C=O) groups excluding carboxylic acids is 2. The van der Waals surface area contributed by atoms with Crippen LogP contribution in [-0.2, 0) is 0 Å². The first-order chi connectivity index (χ1) is 14.5. The van der Waals surface area contributed by atoms with Gasteiger partial charge in [-0.05, 0) is 72.3 Å². The lowest BCUT2D eigenvalue weighted by Crippen LogP contribution is -2.18. The van der Waals surface area contributed by atoms with Crippen LogP contribution in [0.1, 0.15) is 26.3 Å². The highest BCUT2D eigenvalue weighted by atomic mass is 35.5. The minimum absolute atomic E-state index is 0.255. The first-order valence-electron chi connectivity index (χ1n) is 8.80. The van der Waals surface area contributed by atoms with Crippen LogP contribution >= 0.6 is 23.2 Å². The van der Waals surface area contributed by atoms with Crippen molar-refractivity contribution in [1.82, 2.24) is 5.43 Å². The van der Waals surface area contributed by atoms with Crippen LogP contribution in [0, 0.1) is 0 Å². The molecule has 8 heteroatoms. The second-order valence-corrected chi connectivity index (χ2v) is 6.97. The summed E-state index contributed by atoms with van der Waals surface area (Å²) in [6.07, 6.45) is 1.53. The van der Waals surface area contributed by atoms with Gasteiger partial charge < -0.3 is 10.1 Å². The molecule has 6 nitrogen and oxygen atoms in total. The number of anilines is 1. The molecule has 0 saturated carbocycles. The summed E-state index contributed by atoms with van der Waals surface area (Å²) in [5.74, 6) is -0.0157. The Morgan fingerprint density at radius 3 is 2.27 bits per heavy atom. The van der Waals surface area contributed by atoms with Gasteiger partial charge in [-0.25, -0.2) is 5.43 Å². The predicted molar refractivity (Wildman–Crippen MR) is 119 cm³/mol. The van der Waals surface area contributed by atoms with Crippen molar-refractivity contribution in [2.75, 3.05) is 12.4 Å². The van der Waals surface area contributed by atoms with Gasteiger partial charge in [0.2, 0.25) is 0 Å². The molecule has 0 saturated heterocycles. The molecule has 2 N–H and O–H groups in total. The monoisotopic (exact) mass is 441 g/mol. The van der Waals surface area contributed by atoms with E-state index in [0.29, 0.717) is 21.8 Å². The Morgan fingerprint density at radius 1 is 0.933 bits per heavy atom. The average Bonchev–Trinajstić information content (AvgIpc) is 2.74. The molecule has 30 heavy (non-hydrogen) atoms. The molecule has 0 bridgehead atoms. The zero-order valence-electron chi connectivity index (χ0n) is 15.9. The SMILES string of the molecule is COc1ccc(/C=N\NC(=O)c2ccc(NC(=O)c3ccc(Cl)cc3Cl)cc2)cc1. The van der Waals surface area contributed by atoms with Gasteiger partial charge in [0.1, 0.15) is 5.75 Å². The van der Waals surface area contributed by atoms with Gasteiger partial charge in [0.15, 0.2) is 0 Å². The lowest BCUT2D eigenvalue weighted by Gasteiger charge is -2.08. The van der Waals surface area contributed by atoms with Crippen LogP contribution in [0.5, 0.6) is 5.75 Å². The summed E-state index contributed by atoms with van der Waals surface area (Å²) < 4.78 is 5.09. The third-order valence-corrected chi connectivity index (χ3v) is 4.62. The molecule has 0 spiro atoms. The van der Waals surface area contributed by atoms with Crippen molar-refractivity contribution in [3.05, 3.63) is 93.5 Å². The first kappa shape index (κ1) is 21.4. The van der Waals surface area contributed by atoms with Crippen molar-refractivity contribution < 1.29 is 14.3 Å². The van der Waals surface area contributed by atoms with Crippen LogP contribution in [0.3, 0.4) is 0 Å². The summed E-state index contributed by atoms with van der Waals surface area (Å²) in [4.78, 5) is 24.5. The molecule has 0 fully saturated rings. The van der Waals surface area contributed by atoms with E-state index in [0.717, 1.165) is 11.3 Å². The van der Waals surface area contributed by atoms with E-state index in [-0.39, 0.29) is 16.8 Å². The van der Waals surface area contributed by atoms with E-state index in [9.17, 15) is 9.59 Å². The summed E-state index contributed by atoms with van der Waals surface area (Å²) in [6, 6.07) is 18.3. The topological polar surface area (TPSA) is 79.8 Å². The zero-order valence-corrected chi connectivity index (χ0v) is 17.4. The van der Waals surface area contributed by atoms with Crippen LogP contribution in [-0.4, -0.2) is 25.1 Å². The largest absolute Gasteiger partial charge is 0.497 e. The number of carbonyl (C=O) groups is 2. The normalized spacial score (nSPS) is 10.6. The maximum absolute atomic E-state index is 12.3.